The van der Waals surface area contributed by atoms with Crippen LogP contribution < -0.4 is 0 Å². The Morgan fingerprint density at radius 1 is 1.14 bits per heavy atom. The second-order valence-corrected chi connectivity index (χ2v) is 8.17. The van der Waals surface area contributed by atoms with E-state index < -0.39 is 41.4 Å². The van der Waals surface area contributed by atoms with E-state index in [4.69, 9.17) is 18.6 Å². The fourth-order valence-electron chi connectivity index (χ4n) is 5.06. The highest BCUT2D eigenvalue weighted by atomic mass is 16.6. The van der Waals surface area contributed by atoms with Gasteiger partial charge in [0.25, 0.3) is 0 Å². The van der Waals surface area contributed by atoms with Crippen LogP contribution in [0.4, 0.5) is 0 Å². The summed E-state index contributed by atoms with van der Waals surface area (Å²) in [5, 5.41) is 0. The summed E-state index contributed by atoms with van der Waals surface area (Å²) >= 11 is 0. The lowest BCUT2D eigenvalue weighted by atomic mass is 9.59. The fraction of sp³-hybridized carbons (Fsp3) is 0.409. The van der Waals surface area contributed by atoms with E-state index in [2.05, 4.69) is 0 Å². The van der Waals surface area contributed by atoms with Gasteiger partial charge in [-0.25, -0.2) is 4.79 Å². The Morgan fingerprint density at radius 3 is 2.66 bits per heavy atom. The minimum atomic E-state index is -0.920. The van der Waals surface area contributed by atoms with Crippen molar-refractivity contribution in [3.8, 4) is 0 Å². The monoisotopic (exact) mass is 396 g/mol. The summed E-state index contributed by atoms with van der Waals surface area (Å²) in [7, 11) is 0. The number of furan rings is 1. The Hall–Kier alpha value is -3.09. The number of fused-ring (bicyclic) bond motifs is 4. The first-order chi connectivity index (χ1) is 14.0. The van der Waals surface area contributed by atoms with Crippen molar-refractivity contribution in [3.05, 3.63) is 60.1 Å². The standard InChI is InChI=1S/C22H20O7/c1-22-10-14(27-21(22)25)9-15-16(22)18(29-19(23)12-5-3-2-4-6-12)17(28-20(15)24)13-7-8-26-11-13/h2-8,11,14-18H,9-10H2,1H3. The van der Waals surface area contributed by atoms with Crippen molar-refractivity contribution in [1.29, 1.82) is 0 Å². The maximum Gasteiger partial charge on any atom is 0.338 e. The number of esters is 3. The van der Waals surface area contributed by atoms with E-state index in [1.165, 1.54) is 12.5 Å². The molecule has 2 bridgehead atoms. The SMILES string of the molecule is CC12CC(CC3C(=O)OC(c4ccoc4)C(OC(=O)c4ccccc4)C31)OC2=O. The number of hydrogen-bond donors (Lipinski definition) is 0. The molecule has 1 aliphatic carbocycles. The molecule has 1 saturated carbocycles. The van der Waals surface area contributed by atoms with Crippen molar-refractivity contribution < 1.29 is 33.0 Å². The van der Waals surface area contributed by atoms with Gasteiger partial charge in [0.2, 0.25) is 0 Å². The van der Waals surface area contributed by atoms with Gasteiger partial charge in [-0.3, -0.25) is 9.59 Å². The molecule has 5 rings (SSSR count). The van der Waals surface area contributed by atoms with Crippen molar-refractivity contribution in [2.45, 2.75) is 38.1 Å². The van der Waals surface area contributed by atoms with Crippen LogP contribution in [0.1, 0.15) is 41.8 Å². The third-order valence-corrected chi connectivity index (χ3v) is 6.40. The average molecular weight is 396 g/mol. The van der Waals surface area contributed by atoms with Gasteiger partial charge in [0.15, 0.2) is 6.10 Å². The van der Waals surface area contributed by atoms with Crippen molar-refractivity contribution in [2.24, 2.45) is 17.3 Å². The first-order valence-electron chi connectivity index (χ1n) is 9.67. The van der Waals surface area contributed by atoms with Crippen molar-refractivity contribution in [3.63, 3.8) is 0 Å². The van der Waals surface area contributed by atoms with E-state index in [1.54, 1.807) is 43.3 Å². The van der Waals surface area contributed by atoms with Crippen LogP contribution in [-0.2, 0) is 23.8 Å². The van der Waals surface area contributed by atoms with Gasteiger partial charge in [0, 0.05) is 17.9 Å². The molecule has 6 unspecified atom stereocenters. The second kappa shape index (κ2) is 6.47. The van der Waals surface area contributed by atoms with E-state index in [9.17, 15) is 14.4 Å². The van der Waals surface area contributed by atoms with Gasteiger partial charge in [-0.05, 0) is 31.5 Å². The molecule has 0 amide bonds. The molecule has 1 aromatic carbocycles. The number of cyclic esters (lactones) is 1. The summed E-state index contributed by atoms with van der Waals surface area (Å²) in [6.45, 7) is 1.79. The van der Waals surface area contributed by atoms with Crippen LogP contribution in [0.3, 0.4) is 0 Å². The highest BCUT2D eigenvalue weighted by Gasteiger charge is 2.66. The second-order valence-electron chi connectivity index (χ2n) is 8.17. The molecule has 29 heavy (non-hydrogen) atoms. The van der Waals surface area contributed by atoms with Crippen LogP contribution in [0, 0.1) is 17.3 Å². The Bertz CT molecular complexity index is 951. The molecule has 1 aromatic heterocycles. The molecule has 150 valence electrons. The average Bonchev–Trinajstić information content (AvgIpc) is 3.32. The summed E-state index contributed by atoms with van der Waals surface area (Å²) < 4.78 is 22.3. The molecule has 6 atom stereocenters. The number of hydrogen-bond acceptors (Lipinski definition) is 7. The lowest BCUT2D eigenvalue weighted by Crippen LogP contribution is -2.56. The maximum atomic E-state index is 12.9. The Morgan fingerprint density at radius 2 is 1.93 bits per heavy atom. The summed E-state index contributed by atoms with van der Waals surface area (Å²) in [5.41, 5.74) is 0.0517. The number of rotatable bonds is 3. The van der Waals surface area contributed by atoms with Gasteiger partial charge in [-0.15, -0.1) is 0 Å². The Labute approximate surface area is 166 Å². The van der Waals surface area contributed by atoms with Crippen molar-refractivity contribution in [1.82, 2.24) is 0 Å². The quantitative estimate of drug-likeness (QED) is 0.581. The number of carbonyl (C=O) groups is 3. The van der Waals surface area contributed by atoms with E-state index in [-0.39, 0.29) is 12.1 Å². The predicted octanol–water partition coefficient (Wildman–Crippen LogP) is 3.06. The van der Waals surface area contributed by atoms with Crippen LogP contribution in [0.15, 0.2) is 53.3 Å². The van der Waals surface area contributed by atoms with E-state index in [0.29, 0.717) is 24.0 Å². The van der Waals surface area contributed by atoms with Crippen LogP contribution in [0.2, 0.25) is 0 Å². The highest BCUT2D eigenvalue weighted by molar-refractivity contribution is 5.90. The molecule has 0 radical (unpaired) electrons. The van der Waals surface area contributed by atoms with Gasteiger partial charge in [-0.2, -0.15) is 0 Å². The lowest BCUT2D eigenvalue weighted by molar-refractivity contribution is -0.197. The van der Waals surface area contributed by atoms with Gasteiger partial charge in [0.1, 0.15) is 12.2 Å². The molecule has 0 N–H and O–H groups in total. The molecule has 2 aromatic rings. The predicted molar refractivity (Wildman–Crippen MR) is 97.4 cm³/mol. The van der Waals surface area contributed by atoms with Crippen LogP contribution in [0.25, 0.3) is 0 Å². The molecular formula is C22H20O7. The topological polar surface area (TPSA) is 92.0 Å². The molecular weight excluding hydrogens is 376 g/mol. The number of ether oxygens (including phenoxy) is 3. The normalized spacial score (nSPS) is 35.4. The van der Waals surface area contributed by atoms with Crippen LogP contribution >= 0.6 is 0 Å². The molecule has 3 fully saturated rings. The van der Waals surface area contributed by atoms with Gasteiger partial charge in [-0.1, -0.05) is 18.2 Å². The van der Waals surface area contributed by atoms with Crippen molar-refractivity contribution >= 4 is 17.9 Å². The van der Waals surface area contributed by atoms with E-state index >= 15 is 0 Å². The molecule has 0 spiro atoms. The Balaban J connectivity index is 1.56. The fourth-order valence-corrected chi connectivity index (χ4v) is 5.06. The maximum absolute atomic E-state index is 12.9. The number of carbonyl (C=O) groups excluding carboxylic acids is 3. The summed E-state index contributed by atoms with van der Waals surface area (Å²) in [6.07, 6.45) is 1.81. The zero-order valence-electron chi connectivity index (χ0n) is 15.8. The Kier molecular flexibility index (Phi) is 4.01. The first kappa shape index (κ1) is 18.0. The van der Waals surface area contributed by atoms with E-state index in [1.807, 2.05) is 0 Å². The number of benzene rings is 1. The van der Waals surface area contributed by atoms with Crippen LogP contribution in [-0.4, -0.2) is 30.1 Å². The zero-order chi connectivity index (χ0) is 20.2. The molecule has 7 heteroatoms. The van der Waals surface area contributed by atoms with Crippen LogP contribution in [0.5, 0.6) is 0 Å². The minimum Gasteiger partial charge on any atom is -0.472 e. The zero-order valence-corrected chi connectivity index (χ0v) is 15.8. The molecule has 2 aliphatic heterocycles. The van der Waals surface area contributed by atoms with Gasteiger partial charge >= 0.3 is 17.9 Å². The first-order valence-corrected chi connectivity index (χ1v) is 9.67. The summed E-state index contributed by atoms with van der Waals surface area (Å²) in [4.78, 5) is 38.4. The highest BCUT2D eigenvalue weighted by Crippen LogP contribution is 2.57. The van der Waals surface area contributed by atoms with Gasteiger partial charge < -0.3 is 18.6 Å². The largest absolute Gasteiger partial charge is 0.472 e. The third kappa shape index (κ3) is 2.75. The molecule has 7 nitrogen and oxygen atoms in total. The molecule has 3 aliphatic rings. The third-order valence-electron chi connectivity index (χ3n) is 6.40. The molecule has 3 heterocycles. The smallest absolute Gasteiger partial charge is 0.338 e. The summed E-state index contributed by atoms with van der Waals surface area (Å²) in [5.74, 6) is -2.39. The van der Waals surface area contributed by atoms with E-state index in [0.717, 1.165) is 0 Å². The van der Waals surface area contributed by atoms with Gasteiger partial charge in [0.05, 0.1) is 29.4 Å². The minimum absolute atomic E-state index is 0.308. The van der Waals surface area contributed by atoms with Crippen molar-refractivity contribution in [2.75, 3.05) is 0 Å². The molecule has 2 saturated heterocycles. The lowest BCUT2D eigenvalue weighted by Gasteiger charge is -2.48. The summed E-state index contributed by atoms with van der Waals surface area (Å²) in [6, 6.07) is 10.3.